The van der Waals surface area contributed by atoms with Crippen LogP contribution in [0.4, 0.5) is 0 Å². The SMILES string of the molecule is O=c1n(Cc2ccccc2)c(=O)n2n1[C@H]1[C@@H]3C=C[C@]1(n1c(=O)n(Cc4ccccc4)c(=O)n13)C21CCCCC1. The second kappa shape index (κ2) is 7.62. The Morgan fingerprint density at radius 3 is 1.77 bits per heavy atom. The van der Waals surface area contributed by atoms with E-state index >= 15 is 0 Å². The van der Waals surface area contributed by atoms with Crippen molar-refractivity contribution in [3.05, 3.63) is 126 Å². The number of allylic oxidation sites excluding steroid dienone is 2. The zero-order chi connectivity index (χ0) is 26.5. The molecule has 4 heterocycles. The summed E-state index contributed by atoms with van der Waals surface area (Å²) in [6, 6.07) is 17.9. The Hall–Kier alpha value is -4.34. The van der Waals surface area contributed by atoms with E-state index in [9.17, 15) is 19.2 Å². The number of rotatable bonds is 4. The molecule has 10 heteroatoms. The van der Waals surface area contributed by atoms with Gasteiger partial charge in [0.25, 0.3) is 0 Å². The van der Waals surface area contributed by atoms with E-state index in [1.807, 2.05) is 72.8 Å². The number of nitrogens with zero attached hydrogens (tertiary/aromatic N) is 6. The van der Waals surface area contributed by atoms with Crippen LogP contribution in [-0.2, 0) is 24.2 Å². The Morgan fingerprint density at radius 2 is 1.18 bits per heavy atom. The zero-order valence-electron chi connectivity index (χ0n) is 21.3. The Balaban J connectivity index is 1.36. The van der Waals surface area contributed by atoms with Gasteiger partial charge in [0.05, 0.1) is 24.7 Å². The van der Waals surface area contributed by atoms with E-state index in [0.717, 1.165) is 30.4 Å². The van der Waals surface area contributed by atoms with E-state index in [1.165, 1.54) is 9.13 Å². The number of hydrogen-bond donors (Lipinski definition) is 0. The van der Waals surface area contributed by atoms with Gasteiger partial charge in [-0.1, -0.05) is 92.1 Å². The van der Waals surface area contributed by atoms with Gasteiger partial charge in [0.2, 0.25) is 0 Å². The Morgan fingerprint density at radius 1 is 0.641 bits per heavy atom. The minimum atomic E-state index is -0.986. The van der Waals surface area contributed by atoms with Crippen LogP contribution in [0.15, 0.2) is 92.0 Å². The van der Waals surface area contributed by atoms with Crippen LogP contribution in [0.5, 0.6) is 0 Å². The second-order valence-corrected chi connectivity index (χ2v) is 11.3. The third kappa shape index (κ3) is 2.57. The van der Waals surface area contributed by atoms with Crippen molar-refractivity contribution in [2.75, 3.05) is 0 Å². The van der Waals surface area contributed by atoms with E-state index in [0.29, 0.717) is 12.8 Å². The van der Waals surface area contributed by atoms with Crippen LogP contribution in [0.3, 0.4) is 0 Å². The highest BCUT2D eigenvalue weighted by Gasteiger charge is 2.74. The van der Waals surface area contributed by atoms with Crippen LogP contribution in [0, 0.1) is 0 Å². The lowest BCUT2D eigenvalue weighted by atomic mass is 9.67. The van der Waals surface area contributed by atoms with E-state index < -0.39 is 34.5 Å². The van der Waals surface area contributed by atoms with Gasteiger partial charge >= 0.3 is 22.8 Å². The van der Waals surface area contributed by atoms with Crippen LogP contribution in [0.2, 0.25) is 0 Å². The van der Waals surface area contributed by atoms with Crippen molar-refractivity contribution >= 4 is 0 Å². The molecule has 1 fully saturated rings. The first-order chi connectivity index (χ1) is 19.0. The molecule has 8 rings (SSSR count). The van der Waals surface area contributed by atoms with Crippen molar-refractivity contribution in [1.82, 2.24) is 27.9 Å². The van der Waals surface area contributed by atoms with Crippen molar-refractivity contribution in [3.8, 4) is 0 Å². The average Bonchev–Trinajstić information content (AvgIpc) is 3.68. The molecule has 0 N–H and O–H groups in total. The molecule has 2 aliphatic heterocycles. The maximum absolute atomic E-state index is 14.1. The molecule has 0 radical (unpaired) electrons. The van der Waals surface area contributed by atoms with Gasteiger partial charge in [-0.3, -0.25) is 0 Å². The lowest BCUT2D eigenvalue weighted by Crippen LogP contribution is -2.58. The quantitative estimate of drug-likeness (QED) is 0.380. The first kappa shape index (κ1) is 22.6. The van der Waals surface area contributed by atoms with Crippen molar-refractivity contribution in [3.63, 3.8) is 0 Å². The Bertz CT molecular complexity index is 1890. The van der Waals surface area contributed by atoms with Crippen molar-refractivity contribution in [2.45, 2.75) is 68.4 Å². The summed E-state index contributed by atoms with van der Waals surface area (Å²) in [6.07, 6.45) is 8.06. The predicted octanol–water partition coefficient (Wildman–Crippen LogP) is 1.77. The van der Waals surface area contributed by atoms with Crippen LogP contribution < -0.4 is 22.8 Å². The summed E-state index contributed by atoms with van der Waals surface area (Å²) in [5.41, 5.74) is -1.59. The molecule has 10 nitrogen and oxygen atoms in total. The highest BCUT2D eigenvalue weighted by molar-refractivity contribution is 5.36. The summed E-state index contributed by atoms with van der Waals surface area (Å²) in [5.74, 6) is 0. The average molecular weight is 525 g/mol. The highest BCUT2D eigenvalue weighted by Crippen LogP contribution is 2.64. The third-order valence-corrected chi connectivity index (χ3v) is 9.53. The van der Waals surface area contributed by atoms with Crippen LogP contribution in [-0.4, -0.2) is 27.9 Å². The molecular formula is C29H28N6O4. The van der Waals surface area contributed by atoms with Crippen molar-refractivity contribution in [1.29, 1.82) is 0 Å². The summed E-state index contributed by atoms with van der Waals surface area (Å²) in [7, 11) is 0. The molecule has 2 aliphatic carbocycles. The minimum Gasteiger partial charge on any atom is -0.246 e. The number of benzene rings is 2. The monoisotopic (exact) mass is 524 g/mol. The van der Waals surface area contributed by atoms with Gasteiger partial charge in [-0.25, -0.2) is 47.0 Å². The van der Waals surface area contributed by atoms with Crippen molar-refractivity contribution < 1.29 is 0 Å². The van der Waals surface area contributed by atoms with E-state index in [-0.39, 0.29) is 24.5 Å². The van der Waals surface area contributed by atoms with E-state index in [1.54, 1.807) is 18.7 Å². The fourth-order valence-corrected chi connectivity index (χ4v) is 8.03. The Labute approximate surface area is 222 Å². The van der Waals surface area contributed by atoms with Crippen LogP contribution in [0.1, 0.15) is 55.3 Å². The zero-order valence-corrected chi connectivity index (χ0v) is 21.3. The van der Waals surface area contributed by atoms with Gasteiger partial charge in [0, 0.05) is 0 Å². The summed E-state index contributed by atoms with van der Waals surface area (Å²) in [4.78, 5) is 56.0. The molecule has 2 aromatic carbocycles. The molecule has 0 saturated heterocycles. The number of fused-ring (bicyclic) bond motifs is 4. The van der Waals surface area contributed by atoms with Crippen LogP contribution >= 0.6 is 0 Å². The molecule has 39 heavy (non-hydrogen) atoms. The molecule has 0 amide bonds. The van der Waals surface area contributed by atoms with E-state index in [2.05, 4.69) is 0 Å². The maximum Gasteiger partial charge on any atom is 0.348 e. The molecule has 3 atom stereocenters. The highest BCUT2D eigenvalue weighted by atomic mass is 16.2. The normalized spacial score (nSPS) is 25.2. The first-order valence-electron chi connectivity index (χ1n) is 13.7. The first-order valence-corrected chi connectivity index (χ1v) is 13.7. The summed E-state index contributed by atoms with van der Waals surface area (Å²) < 4.78 is 8.99. The molecular weight excluding hydrogens is 496 g/mol. The maximum atomic E-state index is 14.1. The predicted molar refractivity (Wildman–Crippen MR) is 143 cm³/mol. The van der Waals surface area contributed by atoms with Crippen molar-refractivity contribution in [2.24, 2.45) is 0 Å². The van der Waals surface area contributed by atoms with Gasteiger partial charge in [-0.15, -0.1) is 0 Å². The minimum absolute atomic E-state index is 0.169. The van der Waals surface area contributed by atoms with Gasteiger partial charge in [-0.2, -0.15) is 0 Å². The molecule has 4 aromatic rings. The fourth-order valence-electron chi connectivity index (χ4n) is 8.03. The number of aromatic nitrogens is 6. The molecule has 198 valence electrons. The molecule has 4 aliphatic rings. The van der Waals surface area contributed by atoms with Gasteiger partial charge < -0.3 is 0 Å². The molecule has 1 spiro atoms. The van der Waals surface area contributed by atoms with Crippen LogP contribution in [0.25, 0.3) is 0 Å². The smallest absolute Gasteiger partial charge is 0.246 e. The third-order valence-electron chi connectivity index (χ3n) is 9.53. The van der Waals surface area contributed by atoms with Gasteiger partial charge in [0.15, 0.2) is 0 Å². The summed E-state index contributed by atoms with van der Waals surface area (Å²) >= 11 is 0. The topological polar surface area (TPSA) is 97.9 Å². The van der Waals surface area contributed by atoms with Gasteiger partial charge in [-0.05, 0) is 24.0 Å². The second-order valence-electron chi connectivity index (χ2n) is 11.3. The molecule has 0 unspecified atom stereocenters. The number of hydrogen-bond acceptors (Lipinski definition) is 4. The lowest BCUT2D eigenvalue weighted by Gasteiger charge is -2.45. The standard InChI is InChI=1S/C29H28N6O4/c36-24-30(18-20-10-4-1-5-11-20)27(39)35-29-17-14-22(32(24)35)23(29)33-25(37)31(19-21-12-6-2-7-13-21)26(38)34(33)28(29)15-8-3-9-16-28/h1-2,4-7,10-14,17,22-23H,3,8-9,15-16,18-19H2/t22-,23-,29+/m0/s1. The largest absolute Gasteiger partial charge is 0.348 e. The van der Waals surface area contributed by atoms with E-state index in [4.69, 9.17) is 0 Å². The molecule has 1 saturated carbocycles. The summed E-state index contributed by atoms with van der Waals surface area (Å²) in [5, 5.41) is 0. The molecule has 2 aromatic heterocycles. The summed E-state index contributed by atoms with van der Waals surface area (Å²) in [6.45, 7) is 0.345. The lowest BCUT2D eigenvalue weighted by molar-refractivity contribution is 0.0692. The van der Waals surface area contributed by atoms with Gasteiger partial charge in [0.1, 0.15) is 11.6 Å². The Kier molecular flexibility index (Phi) is 4.42. The fraction of sp³-hybridized carbons (Fsp3) is 0.379. The molecule has 2 bridgehead atoms.